The van der Waals surface area contributed by atoms with Crippen molar-refractivity contribution in [1.82, 2.24) is 5.32 Å². The highest BCUT2D eigenvalue weighted by molar-refractivity contribution is 8.18. The van der Waals surface area contributed by atoms with Crippen molar-refractivity contribution >= 4 is 46.2 Å². The fraction of sp³-hybridized carbons (Fsp3) is 0.111. The number of hydrogen-bond donors (Lipinski definition) is 1. The van der Waals surface area contributed by atoms with Crippen LogP contribution in [0.15, 0.2) is 58.4 Å². The fourth-order valence-corrected chi connectivity index (χ4v) is 3.06. The lowest BCUT2D eigenvalue weighted by Gasteiger charge is -2.02. The van der Waals surface area contributed by atoms with Gasteiger partial charge in [0, 0.05) is 5.02 Å². The quantitative estimate of drug-likeness (QED) is 0.810. The largest absolute Gasteiger partial charge is 0.494 e. The molecule has 0 saturated carbocycles. The van der Waals surface area contributed by atoms with Gasteiger partial charge in [-0.25, -0.2) is 4.99 Å². The van der Waals surface area contributed by atoms with Crippen molar-refractivity contribution in [3.63, 3.8) is 0 Å². The summed E-state index contributed by atoms with van der Waals surface area (Å²) in [7, 11) is 0. The Morgan fingerprint density at radius 2 is 1.88 bits per heavy atom. The van der Waals surface area contributed by atoms with Gasteiger partial charge in [-0.05, 0) is 66.7 Å². The van der Waals surface area contributed by atoms with Crippen LogP contribution in [-0.2, 0) is 4.79 Å². The van der Waals surface area contributed by atoms with Gasteiger partial charge in [-0.1, -0.05) is 23.7 Å². The predicted molar refractivity (Wildman–Crippen MR) is 99.9 cm³/mol. The minimum atomic E-state index is -0.151. The molecular formula is C18H15ClN2O2S. The van der Waals surface area contributed by atoms with Gasteiger partial charge >= 0.3 is 0 Å². The highest BCUT2D eigenvalue weighted by Crippen LogP contribution is 2.28. The first kappa shape index (κ1) is 16.6. The second kappa shape index (κ2) is 7.55. The molecule has 0 aromatic heterocycles. The van der Waals surface area contributed by atoms with Gasteiger partial charge in [0.25, 0.3) is 5.91 Å². The van der Waals surface area contributed by atoms with Crippen LogP contribution >= 0.6 is 23.4 Å². The van der Waals surface area contributed by atoms with Crippen molar-refractivity contribution < 1.29 is 9.53 Å². The summed E-state index contributed by atoms with van der Waals surface area (Å²) in [5, 5.41) is 3.97. The monoisotopic (exact) mass is 358 g/mol. The highest BCUT2D eigenvalue weighted by Gasteiger charge is 2.23. The Morgan fingerprint density at radius 1 is 1.17 bits per heavy atom. The minimum absolute atomic E-state index is 0.151. The van der Waals surface area contributed by atoms with E-state index in [1.54, 1.807) is 24.3 Å². The molecular weight excluding hydrogens is 344 g/mol. The highest BCUT2D eigenvalue weighted by atomic mass is 35.5. The van der Waals surface area contributed by atoms with Crippen molar-refractivity contribution in [3.05, 3.63) is 64.0 Å². The summed E-state index contributed by atoms with van der Waals surface area (Å²) >= 11 is 7.17. The van der Waals surface area contributed by atoms with Crippen molar-refractivity contribution in [1.29, 1.82) is 0 Å². The topological polar surface area (TPSA) is 50.7 Å². The molecule has 1 fully saturated rings. The molecule has 0 bridgehead atoms. The van der Waals surface area contributed by atoms with E-state index in [0.29, 0.717) is 21.7 Å². The van der Waals surface area contributed by atoms with Crippen molar-refractivity contribution in [2.75, 3.05) is 6.61 Å². The van der Waals surface area contributed by atoms with Gasteiger partial charge in [-0.2, -0.15) is 0 Å². The lowest BCUT2D eigenvalue weighted by atomic mass is 10.2. The SMILES string of the molecule is CCOc1ccc(/C=C2\SC(=Nc3ccc(Cl)cc3)NC2=O)cc1. The number of thioether (sulfide) groups is 1. The molecule has 1 aliphatic rings. The Morgan fingerprint density at radius 3 is 2.54 bits per heavy atom. The average Bonchev–Trinajstić information content (AvgIpc) is 2.91. The lowest BCUT2D eigenvalue weighted by Crippen LogP contribution is -2.19. The Labute approximate surface area is 149 Å². The van der Waals surface area contributed by atoms with E-state index in [-0.39, 0.29) is 5.91 Å². The number of amides is 1. The van der Waals surface area contributed by atoms with Gasteiger partial charge in [0.1, 0.15) is 5.75 Å². The first-order chi connectivity index (χ1) is 11.6. The fourth-order valence-electron chi connectivity index (χ4n) is 2.09. The normalized spacial score (nSPS) is 17.3. The molecule has 0 unspecified atom stereocenters. The van der Waals surface area contributed by atoms with E-state index < -0.39 is 0 Å². The molecule has 1 amide bonds. The Balaban J connectivity index is 1.75. The molecule has 2 aromatic carbocycles. The number of halogens is 1. The number of ether oxygens (including phenoxy) is 1. The number of aliphatic imine (C=N–C) groups is 1. The molecule has 0 spiro atoms. The summed E-state index contributed by atoms with van der Waals surface area (Å²) < 4.78 is 5.41. The lowest BCUT2D eigenvalue weighted by molar-refractivity contribution is -0.115. The number of carbonyl (C=O) groups excluding carboxylic acids is 1. The molecule has 1 heterocycles. The number of nitrogens with one attached hydrogen (secondary N) is 1. The van der Waals surface area contributed by atoms with Crippen molar-refractivity contribution in [2.24, 2.45) is 4.99 Å². The maximum Gasteiger partial charge on any atom is 0.264 e. The molecule has 1 N–H and O–H groups in total. The third kappa shape index (κ3) is 4.19. The molecule has 24 heavy (non-hydrogen) atoms. The van der Waals surface area contributed by atoms with Crippen molar-refractivity contribution in [3.8, 4) is 5.75 Å². The van der Waals surface area contributed by atoms with Gasteiger partial charge in [-0.3, -0.25) is 4.79 Å². The van der Waals surface area contributed by atoms with Crippen LogP contribution in [0.5, 0.6) is 5.75 Å². The van der Waals surface area contributed by atoms with Crippen LogP contribution in [0.2, 0.25) is 5.02 Å². The summed E-state index contributed by atoms with van der Waals surface area (Å²) in [5.74, 6) is 0.662. The maximum atomic E-state index is 12.1. The van der Waals surface area contributed by atoms with Gasteiger partial charge in [0.15, 0.2) is 5.17 Å². The molecule has 0 radical (unpaired) electrons. The zero-order valence-electron chi connectivity index (χ0n) is 13.0. The molecule has 6 heteroatoms. The summed E-state index contributed by atoms with van der Waals surface area (Å²) in [6.07, 6.45) is 1.83. The molecule has 0 atom stereocenters. The van der Waals surface area contributed by atoms with Gasteiger partial charge < -0.3 is 10.1 Å². The zero-order valence-corrected chi connectivity index (χ0v) is 14.5. The summed E-state index contributed by atoms with van der Waals surface area (Å²) in [6, 6.07) is 14.7. The molecule has 1 saturated heterocycles. The number of benzene rings is 2. The smallest absolute Gasteiger partial charge is 0.264 e. The second-order valence-electron chi connectivity index (χ2n) is 4.96. The Kier molecular flexibility index (Phi) is 5.23. The summed E-state index contributed by atoms with van der Waals surface area (Å²) in [6.45, 7) is 2.57. The van der Waals surface area contributed by atoms with Crippen LogP contribution in [-0.4, -0.2) is 17.7 Å². The van der Waals surface area contributed by atoms with E-state index in [1.807, 2.05) is 37.3 Å². The number of hydrogen-bond acceptors (Lipinski definition) is 4. The number of amidine groups is 1. The second-order valence-corrected chi connectivity index (χ2v) is 6.43. The third-order valence-corrected chi connectivity index (χ3v) is 4.36. The zero-order chi connectivity index (χ0) is 16.9. The van der Waals surface area contributed by atoms with Gasteiger partial charge in [0.05, 0.1) is 17.2 Å². The van der Waals surface area contributed by atoms with E-state index in [1.165, 1.54) is 11.8 Å². The molecule has 1 aliphatic heterocycles. The number of rotatable bonds is 4. The molecule has 3 rings (SSSR count). The van der Waals surface area contributed by atoms with Crippen LogP contribution in [0.3, 0.4) is 0 Å². The number of carbonyl (C=O) groups is 1. The Hall–Kier alpha value is -2.24. The van der Waals surface area contributed by atoms with E-state index >= 15 is 0 Å². The average molecular weight is 359 g/mol. The van der Waals surface area contributed by atoms with Crippen LogP contribution in [0.4, 0.5) is 5.69 Å². The van der Waals surface area contributed by atoms with Crippen LogP contribution in [0.1, 0.15) is 12.5 Å². The molecule has 122 valence electrons. The first-order valence-corrected chi connectivity index (χ1v) is 8.61. The van der Waals surface area contributed by atoms with E-state index in [9.17, 15) is 4.79 Å². The van der Waals surface area contributed by atoms with E-state index in [4.69, 9.17) is 16.3 Å². The maximum absolute atomic E-state index is 12.1. The Bertz CT molecular complexity index is 799. The van der Waals surface area contributed by atoms with Crippen LogP contribution in [0, 0.1) is 0 Å². The third-order valence-electron chi connectivity index (χ3n) is 3.20. The predicted octanol–water partition coefficient (Wildman–Crippen LogP) is 4.63. The molecule has 4 nitrogen and oxygen atoms in total. The first-order valence-electron chi connectivity index (χ1n) is 7.42. The van der Waals surface area contributed by atoms with E-state index in [2.05, 4.69) is 10.3 Å². The van der Waals surface area contributed by atoms with Crippen LogP contribution < -0.4 is 10.1 Å². The number of nitrogens with zero attached hydrogens (tertiary/aromatic N) is 1. The standard InChI is InChI=1S/C18H15ClN2O2S/c1-2-23-15-9-3-12(4-10-15)11-16-17(22)21-18(24-16)20-14-7-5-13(19)6-8-14/h3-11H,2H2,1H3,(H,20,21,22)/b16-11-. The summed E-state index contributed by atoms with van der Waals surface area (Å²) in [5.41, 5.74) is 1.67. The molecule has 0 aliphatic carbocycles. The molecule has 2 aromatic rings. The van der Waals surface area contributed by atoms with Gasteiger partial charge in [-0.15, -0.1) is 0 Å². The van der Waals surface area contributed by atoms with Crippen molar-refractivity contribution in [2.45, 2.75) is 6.92 Å². The van der Waals surface area contributed by atoms with E-state index in [0.717, 1.165) is 17.0 Å². The minimum Gasteiger partial charge on any atom is -0.494 e. The van der Waals surface area contributed by atoms with Gasteiger partial charge in [0.2, 0.25) is 0 Å². The summed E-state index contributed by atoms with van der Waals surface area (Å²) in [4.78, 5) is 17.1. The van der Waals surface area contributed by atoms with Crippen LogP contribution in [0.25, 0.3) is 6.08 Å².